The number of nitrogens with zero attached hydrogens (tertiary/aromatic N) is 1. The summed E-state index contributed by atoms with van der Waals surface area (Å²) in [6, 6.07) is 6.74. The Kier molecular flexibility index (Phi) is 14.1. The van der Waals surface area contributed by atoms with Gasteiger partial charge in [-0.3, -0.25) is 4.55 Å². The van der Waals surface area contributed by atoms with Crippen molar-refractivity contribution in [3.05, 3.63) is 24.3 Å². The number of hydrogen-bond donors (Lipinski definition) is 2. The van der Waals surface area contributed by atoms with E-state index < -0.39 is 10.1 Å². The lowest BCUT2D eigenvalue weighted by Gasteiger charge is -2.22. The van der Waals surface area contributed by atoms with Crippen LogP contribution in [0.15, 0.2) is 29.2 Å². The van der Waals surface area contributed by atoms with Gasteiger partial charge in [-0.1, -0.05) is 89.7 Å². The minimum absolute atomic E-state index is 0.0437. The highest BCUT2D eigenvalue weighted by molar-refractivity contribution is 7.86. The Bertz CT molecular complexity index is 664. The van der Waals surface area contributed by atoms with Crippen molar-refractivity contribution in [3.63, 3.8) is 0 Å². The molecule has 1 rings (SSSR count). The molecule has 0 heterocycles. The SMILES string of the molecule is CCCCCCCCCCCCCC(N)CCCN(C)c1ccccc1S(=O)(=O)O. The van der Waals surface area contributed by atoms with Gasteiger partial charge in [-0.2, -0.15) is 8.42 Å². The van der Waals surface area contributed by atoms with Crippen molar-refractivity contribution in [2.45, 2.75) is 108 Å². The normalized spacial score (nSPS) is 12.8. The zero-order valence-electron chi connectivity index (χ0n) is 19.2. The van der Waals surface area contributed by atoms with E-state index in [9.17, 15) is 13.0 Å². The van der Waals surface area contributed by atoms with Crippen LogP contribution in [0.25, 0.3) is 0 Å². The smallest absolute Gasteiger partial charge is 0.296 e. The molecule has 0 saturated heterocycles. The van der Waals surface area contributed by atoms with E-state index in [0.29, 0.717) is 12.2 Å². The number of unbranched alkanes of at least 4 members (excludes halogenated alkanes) is 10. The van der Waals surface area contributed by atoms with Gasteiger partial charge in [0.1, 0.15) is 4.90 Å². The number of hydrogen-bond acceptors (Lipinski definition) is 4. The summed E-state index contributed by atoms with van der Waals surface area (Å²) in [7, 11) is -2.37. The lowest BCUT2D eigenvalue weighted by Crippen LogP contribution is -2.25. The molecule has 1 unspecified atom stereocenters. The molecule has 0 bridgehead atoms. The first-order chi connectivity index (χ1) is 14.4. The van der Waals surface area contributed by atoms with Crippen LogP contribution >= 0.6 is 0 Å². The van der Waals surface area contributed by atoms with E-state index in [1.54, 1.807) is 18.2 Å². The number of benzene rings is 1. The van der Waals surface area contributed by atoms with Crippen molar-refractivity contribution in [1.82, 2.24) is 0 Å². The third-order valence-corrected chi connectivity index (χ3v) is 6.70. The fraction of sp³-hybridized carbons (Fsp3) is 0.750. The van der Waals surface area contributed by atoms with Crippen LogP contribution in [0, 0.1) is 0 Å². The van der Waals surface area contributed by atoms with Crippen LogP contribution in [0.1, 0.15) is 96.8 Å². The minimum Gasteiger partial charge on any atom is -0.373 e. The fourth-order valence-electron chi connectivity index (χ4n) is 3.92. The van der Waals surface area contributed by atoms with E-state index in [0.717, 1.165) is 19.3 Å². The second-order valence-electron chi connectivity index (χ2n) is 8.59. The Balaban J connectivity index is 2.09. The molecule has 0 aliphatic carbocycles. The third-order valence-electron chi connectivity index (χ3n) is 5.80. The largest absolute Gasteiger partial charge is 0.373 e. The van der Waals surface area contributed by atoms with Crippen molar-refractivity contribution in [2.24, 2.45) is 5.73 Å². The van der Waals surface area contributed by atoms with Gasteiger partial charge in [0, 0.05) is 19.6 Å². The molecule has 1 aromatic carbocycles. The minimum atomic E-state index is -4.22. The molecule has 0 aliphatic heterocycles. The van der Waals surface area contributed by atoms with Crippen molar-refractivity contribution in [2.75, 3.05) is 18.5 Å². The van der Waals surface area contributed by atoms with Gasteiger partial charge in [0.25, 0.3) is 10.1 Å². The first kappa shape index (κ1) is 26.9. The Morgan fingerprint density at radius 3 is 1.93 bits per heavy atom. The zero-order chi connectivity index (χ0) is 22.2. The molecule has 6 heteroatoms. The maximum absolute atomic E-state index is 11.5. The van der Waals surface area contributed by atoms with E-state index in [4.69, 9.17) is 5.73 Å². The van der Waals surface area contributed by atoms with Crippen molar-refractivity contribution in [3.8, 4) is 0 Å². The molecule has 30 heavy (non-hydrogen) atoms. The molecule has 0 aliphatic rings. The van der Waals surface area contributed by atoms with E-state index in [2.05, 4.69) is 6.92 Å². The molecule has 0 spiro atoms. The van der Waals surface area contributed by atoms with Gasteiger partial charge in [0.15, 0.2) is 0 Å². The monoisotopic (exact) mass is 440 g/mol. The van der Waals surface area contributed by atoms with Crippen LogP contribution in [-0.4, -0.2) is 32.6 Å². The molecular formula is C24H44N2O3S. The van der Waals surface area contributed by atoms with Crippen LogP contribution in [-0.2, 0) is 10.1 Å². The molecule has 174 valence electrons. The van der Waals surface area contributed by atoms with E-state index in [1.165, 1.54) is 76.7 Å². The number of anilines is 1. The van der Waals surface area contributed by atoms with Crippen molar-refractivity contribution >= 4 is 15.8 Å². The molecule has 0 aromatic heterocycles. The summed E-state index contributed by atoms with van der Waals surface area (Å²) >= 11 is 0. The van der Waals surface area contributed by atoms with Gasteiger partial charge in [-0.25, -0.2) is 0 Å². The van der Waals surface area contributed by atoms with Gasteiger partial charge in [0.2, 0.25) is 0 Å². The summed E-state index contributed by atoms with van der Waals surface area (Å²) in [6.45, 7) is 2.97. The average Bonchev–Trinajstić information content (AvgIpc) is 2.71. The third kappa shape index (κ3) is 11.9. The van der Waals surface area contributed by atoms with Gasteiger partial charge in [0.05, 0.1) is 5.69 Å². The van der Waals surface area contributed by atoms with Gasteiger partial charge >= 0.3 is 0 Å². The summed E-state index contributed by atoms with van der Waals surface area (Å²) in [5.74, 6) is 0. The molecule has 0 fully saturated rings. The molecule has 0 radical (unpaired) electrons. The van der Waals surface area contributed by atoms with E-state index in [-0.39, 0.29) is 10.9 Å². The predicted octanol–water partition coefficient (Wildman–Crippen LogP) is 6.18. The van der Waals surface area contributed by atoms with Crippen LogP contribution in [0.4, 0.5) is 5.69 Å². The maximum atomic E-state index is 11.5. The number of nitrogens with two attached hydrogens (primary N) is 1. The molecule has 3 N–H and O–H groups in total. The summed E-state index contributed by atoms with van der Waals surface area (Å²) in [5.41, 5.74) is 6.79. The summed E-state index contributed by atoms with van der Waals surface area (Å²) in [5, 5.41) is 0. The molecular weight excluding hydrogens is 396 g/mol. The molecule has 1 atom stereocenters. The van der Waals surface area contributed by atoms with Crippen LogP contribution in [0.2, 0.25) is 0 Å². The first-order valence-electron chi connectivity index (χ1n) is 11.9. The van der Waals surface area contributed by atoms with Gasteiger partial charge in [-0.15, -0.1) is 0 Å². The standard InChI is InChI=1S/C24H44N2O3S/c1-3-4-5-6-7-8-9-10-11-12-13-17-22(25)18-16-21-26(2)23-19-14-15-20-24(23)30(27,28)29/h14-15,19-20,22H,3-13,16-18,21,25H2,1-2H3,(H,27,28,29). The highest BCUT2D eigenvalue weighted by Gasteiger charge is 2.17. The highest BCUT2D eigenvalue weighted by atomic mass is 32.2. The summed E-state index contributed by atoms with van der Waals surface area (Å²) in [6.07, 6.45) is 17.7. The fourth-order valence-corrected chi connectivity index (χ4v) is 4.66. The molecule has 0 amide bonds. The Morgan fingerprint density at radius 2 is 1.37 bits per heavy atom. The summed E-state index contributed by atoms with van der Waals surface area (Å²) in [4.78, 5) is 1.83. The van der Waals surface area contributed by atoms with Crippen LogP contribution < -0.4 is 10.6 Å². The molecule has 5 nitrogen and oxygen atoms in total. The van der Waals surface area contributed by atoms with Crippen LogP contribution in [0.3, 0.4) is 0 Å². The number of para-hydroxylation sites is 1. The second-order valence-corrected chi connectivity index (χ2v) is 9.98. The Hall–Kier alpha value is -1.11. The van der Waals surface area contributed by atoms with Gasteiger partial charge < -0.3 is 10.6 Å². The average molecular weight is 441 g/mol. The van der Waals surface area contributed by atoms with Crippen molar-refractivity contribution < 1.29 is 13.0 Å². The first-order valence-corrected chi connectivity index (χ1v) is 13.3. The topological polar surface area (TPSA) is 83.6 Å². The second kappa shape index (κ2) is 15.7. The zero-order valence-corrected chi connectivity index (χ0v) is 20.0. The lowest BCUT2D eigenvalue weighted by molar-refractivity contribution is 0.482. The Morgan fingerprint density at radius 1 is 0.867 bits per heavy atom. The molecule has 0 saturated carbocycles. The van der Waals surface area contributed by atoms with Gasteiger partial charge in [-0.05, 0) is 31.4 Å². The van der Waals surface area contributed by atoms with E-state index >= 15 is 0 Å². The predicted molar refractivity (Wildman–Crippen MR) is 128 cm³/mol. The van der Waals surface area contributed by atoms with Crippen LogP contribution in [0.5, 0.6) is 0 Å². The Labute approximate surface area is 185 Å². The number of rotatable bonds is 18. The van der Waals surface area contributed by atoms with Crippen molar-refractivity contribution in [1.29, 1.82) is 0 Å². The van der Waals surface area contributed by atoms with E-state index in [1.807, 2.05) is 11.9 Å². The quantitative estimate of drug-likeness (QED) is 0.210. The lowest BCUT2D eigenvalue weighted by atomic mass is 10.0. The highest BCUT2D eigenvalue weighted by Crippen LogP contribution is 2.24. The summed E-state index contributed by atoms with van der Waals surface area (Å²) < 4.78 is 32.5. The maximum Gasteiger partial charge on any atom is 0.296 e. The molecule has 1 aromatic rings.